The van der Waals surface area contributed by atoms with Gasteiger partial charge in [-0.05, 0) is 86.8 Å². The largest absolute Gasteiger partial charge is 0.504 e. The fourth-order valence-corrected chi connectivity index (χ4v) is 11.8. The number of phenolic OH excluding ortho intramolecular Hbond substituents is 1. The highest BCUT2D eigenvalue weighted by Gasteiger charge is 2.50. The predicted molar refractivity (Wildman–Crippen MR) is 327 cm³/mol. The van der Waals surface area contributed by atoms with Crippen LogP contribution in [0.5, 0.6) is 17.2 Å². The first kappa shape index (κ1) is 70.0. The molecule has 3 aliphatic rings. The number of aliphatic hydroxyl groups is 6. The van der Waals surface area contributed by atoms with Crippen LogP contribution in [0.25, 0.3) is 21.1 Å². The molecule has 492 valence electrons. The van der Waals surface area contributed by atoms with Gasteiger partial charge in [-0.2, -0.15) is 0 Å². The highest BCUT2D eigenvalue weighted by molar-refractivity contribution is 7.17. The number of aromatic hydroxyl groups is 1. The number of benzene rings is 3. The highest BCUT2D eigenvalue weighted by atomic mass is 32.1. The molecule has 1 aromatic heterocycles. The number of nitrogens with two attached hydrogens (primary N) is 2. The molecule has 0 spiro atoms. The van der Waals surface area contributed by atoms with E-state index in [0.29, 0.717) is 22.2 Å². The SMILES string of the molecule is COCCCCCCCCOc1ccc(-c2nnc(-c3ccc(C(=O)NC4C[C@@H](O)CNC(=O)[C@@H]5[C@@H](O)[C@@H](C)CN5C(=O)[C@H]([C@H](O)CCN)NC(=O)[C@H]([C@H](O)Cc5ccc(O)c(OCCN)c5)NC(=O)[C@@H]5C[C@@H](O)CN5C(=O)[C@H]([C@@H](C)O)NC4=O)cc3)s2)cc1. The summed E-state index contributed by atoms with van der Waals surface area (Å²) in [5.41, 5.74) is 13.1. The molecule has 4 aromatic rings. The van der Waals surface area contributed by atoms with Crippen molar-refractivity contribution in [2.24, 2.45) is 17.4 Å². The minimum absolute atomic E-state index is 0.00566. The molecule has 13 atom stereocenters. The van der Waals surface area contributed by atoms with E-state index in [1.807, 2.05) is 24.3 Å². The fraction of sp³-hybridized carbons (Fsp3) is 0.557. The molecular formula is C61H85N11O17S. The van der Waals surface area contributed by atoms with Crippen molar-refractivity contribution in [3.63, 3.8) is 0 Å². The van der Waals surface area contributed by atoms with E-state index in [0.717, 1.165) is 73.2 Å². The molecule has 1 unspecified atom stereocenters. The van der Waals surface area contributed by atoms with Gasteiger partial charge in [-0.15, -0.1) is 10.2 Å². The van der Waals surface area contributed by atoms with Crippen LogP contribution < -0.4 is 47.5 Å². The number of carbonyl (C=O) groups excluding carboxylic acids is 7. The van der Waals surface area contributed by atoms with E-state index >= 15 is 0 Å². The Kier molecular flexibility index (Phi) is 26.1. The summed E-state index contributed by atoms with van der Waals surface area (Å²) in [5, 5.41) is 101. The van der Waals surface area contributed by atoms with Crippen molar-refractivity contribution in [2.75, 3.05) is 59.7 Å². The van der Waals surface area contributed by atoms with Crippen LogP contribution in [0.3, 0.4) is 0 Å². The number of carbonyl (C=O) groups is 7. The van der Waals surface area contributed by atoms with Gasteiger partial charge in [0.25, 0.3) is 5.91 Å². The van der Waals surface area contributed by atoms with Crippen LogP contribution in [0.15, 0.2) is 66.7 Å². The number of methoxy groups -OCH3 is 1. The van der Waals surface area contributed by atoms with Crippen molar-refractivity contribution >= 4 is 52.7 Å². The molecule has 3 fully saturated rings. The maximum absolute atomic E-state index is 14.7. The third kappa shape index (κ3) is 18.6. The van der Waals surface area contributed by atoms with Gasteiger partial charge in [0.05, 0.1) is 43.2 Å². The number of fused-ring (bicyclic) bond motifs is 2. The molecule has 28 nitrogen and oxygen atoms in total. The Morgan fingerprint density at radius 2 is 1.32 bits per heavy atom. The van der Waals surface area contributed by atoms with Crippen LogP contribution >= 0.6 is 11.3 Å². The summed E-state index contributed by atoms with van der Waals surface area (Å²) in [6, 6.07) is 6.71. The second-order valence-corrected chi connectivity index (χ2v) is 24.0. The lowest BCUT2D eigenvalue weighted by Gasteiger charge is -2.34. The van der Waals surface area contributed by atoms with Crippen molar-refractivity contribution in [1.29, 1.82) is 0 Å². The number of amides is 7. The molecule has 0 bridgehead atoms. The summed E-state index contributed by atoms with van der Waals surface area (Å²) in [6.07, 6.45) is -5.32. The molecule has 7 rings (SSSR count). The number of aromatic nitrogens is 2. The summed E-state index contributed by atoms with van der Waals surface area (Å²) < 4.78 is 16.6. The quantitative estimate of drug-likeness (QED) is 0.0358. The van der Waals surface area contributed by atoms with Gasteiger partial charge in [-0.3, -0.25) is 33.6 Å². The first-order chi connectivity index (χ1) is 43.1. The molecular weight excluding hydrogens is 1190 g/mol. The monoisotopic (exact) mass is 1280 g/mol. The van der Waals surface area contributed by atoms with E-state index in [4.69, 9.17) is 25.7 Å². The lowest BCUT2D eigenvalue weighted by molar-refractivity contribution is -0.147. The molecule has 90 heavy (non-hydrogen) atoms. The van der Waals surface area contributed by atoms with Crippen molar-refractivity contribution in [2.45, 2.75) is 151 Å². The smallest absolute Gasteiger partial charge is 0.251 e. The second-order valence-electron chi connectivity index (χ2n) is 23.0. The number of hydrogen-bond acceptors (Lipinski definition) is 22. The lowest BCUT2D eigenvalue weighted by Crippen LogP contribution is -2.64. The van der Waals surface area contributed by atoms with Gasteiger partial charge in [0.15, 0.2) is 11.5 Å². The summed E-state index contributed by atoms with van der Waals surface area (Å²) in [4.78, 5) is 103. The van der Waals surface area contributed by atoms with Crippen molar-refractivity contribution in [1.82, 2.24) is 46.6 Å². The molecule has 0 aliphatic carbocycles. The van der Waals surface area contributed by atoms with Crippen LogP contribution in [0.4, 0.5) is 0 Å². The molecule has 3 aliphatic heterocycles. The molecule has 0 radical (unpaired) electrons. The van der Waals surface area contributed by atoms with Crippen LogP contribution in [0.2, 0.25) is 0 Å². The van der Waals surface area contributed by atoms with Gasteiger partial charge in [-0.25, -0.2) is 0 Å². The summed E-state index contributed by atoms with van der Waals surface area (Å²) in [6.45, 7) is 2.45. The number of nitrogens with zero attached hydrogens (tertiary/aromatic N) is 4. The Labute approximate surface area is 525 Å². The van der Waals surface area contributed by atoms with Crippen LogP contribution in [-0.2, 0) is 39.9 Å². The van der Waals surface area contributed by atoms with E-state index in [-0.39, 0.29) is 55.3 Å². The van der Waals surface area contributed by atoms with Crippen LogP contribution in [0.1, 0.15) is 87.6 Å². The van der Waals surface area contributed by atoms with Gasteiger partial charge in [0.2, 0.25) is 35.4 Å². The number of hydrogen-bond donors (Lipinski definition) is 14. The van der Waals surface area contributed by atoms with Gasteiger partial charge in [0, 0.05) is 81.8 Å². The third-order valence-electron chi connectivity index (χ3n) is 16.0. The van der Waals surface area contributed by atoms with E-state index < -0.39 is 152 Å². The molecule has 3 aromatic carbocycles. The van der Waals surface area contributed by atoms with Gasteiger partial charge in [0.1, 0.15) is 58.6 Å². The second kappa shape index (κ2) is 33.6. The molecule has 29 heteroatoms. The number of aliphatic hydroxyl groups excluding tert-OH is 6. The Hall–Kier alpha value is -7.45. The van der Waals surface area contributed by atoms with Gasteiger partial charge in [-0.1, -0.05) is 62.1 Å². The van der Waals surface area contributed by atoms with Gasteiger partial charge >= 0.3 is 0 Å². The molecule has 0 saturated carbocycles. The normalized spacial score (nSPS) is 25.0. The van der Waals surface area contributed by atoms with Crippen molar-refractivity contribution < 1.29 is 83.5 Å². The summed E-state index contributed by atoms with van der Waals surface area (Å²) >= 11 is 1.31. The highest BCUT2D eigenvalue weighted by Crippen LogP contribution is 2.33. The van der Waals surface area contributed by atoms with E-state index in [2.05, 4.69) is 36.8 Å². The maximum Gasteiger partial charge on any atom is 0.251 e. The average Bonchev–Trinajstić information content (AvgIpc) is 1.78. The maximum atomic E-state index is 14.7. The Morgan fingerprint density at radius 1 is 0.700 bits per heavy atom. The number of ether oxygens (including phenoxy) is 3. The minimum Gasteiger partial charge on any atom is -0.504 e. The Morgan fingerprint density at radius 3 is 1.97 bits per heavy atom. The van der Waals surface area contributed by atoms with Crippen LogP contribution in [-0.4, -0.2) is 230 Å². The lowest BCUT2D eigenvalue weighted by atomic mass is 9.98. The summed E-state index contributed by atoms with van der Waals surface area (Å²) in [7, 11) is 1.71. The minimum atomic E-state index is -2.04. The van der Waals surface area contributed by atoms with E-state index in [9.17, 15) is 69.3 Å². The topological polar surface area (TPSA) is 433 Å². The molecule has 4 heterocycles. The fourth-order valence-electron chi connectivity index (χ4n) is 11.0. The number of rotatable bonds is 24. The number of nitrogens with one attached hydrogen (secondary N) is 5. The first-order valence-electron chi connectivity index (χ1n) is 30.3. The predicted octanol–water partition coefficient (Wildman–Crippen LogP) is -1.42. The zero-order chi connectivity index (χ0) is 65.2. The summed E-state index contributed by atoms with van der Waals surface area (Å²) in [5.74, 6) is -7.93. The number of unbranched alkanes of at least 4 members (excludes halogenated alkanes) is 5. The molecule has 7 amide bonds. The zero-order valence-electron chi connectivity index (χ0n) is 50.6. The Bertz CT molecular complexity index is 3050. The van der Waals surface area contributed by atoms with Crippen molar-refractivity contribution in [3.8, 4) is 38.4 Å². The van der Waals surface area contributed by atoms with Crippen LogP contribution in [0, 0.1) is 5.92 Å². The van der Waals surface area contributed by atoms with Gasteiger partial charge < -0.3 is 97.8 Å². The Balaban J connectivity index is 1.13. The number of β-amino-alcohol motifs (C(OH)–C–C–N with tert-alkyl or cyclic N) is 1. The molecule has 16 N–H and O–H groups in total. The van der Waals surface area contributed by atoms with Crippen molar-refractivity contribution in [3.05, 3.63) is 77.9 Å². The average molecular weight is 1280 g/mol. The van der Waals surface area contributed by atoms with E-state index in [1.54, 1.807) is 19.2 Å². The standard InChI is InChI=1S/C61H85N11O17S/c1-33-31-72-51(52(33)79)57(84)64-30-39(74)28-42(65-53(80)36-11-13-37(14-12-36)58-69-70-59(90-58)38-15-17-41(18-16-38)88-24-9-7-5-4-6-8-23-87-3)54(81)66-48(34(2)73)60(85)71-32-40(75)29-43(71)55(82)67-49(56(83)68-50(61(72)86)45(77)20-21-62)46(78)26-35-10-19-44(76)47(27-35)89-25-22-63/h10-19,27,33-34,39-40,42-43,45-46,48-52,73-79H,4-9,20-26,28-32,62-63H2,1-3H3,(H,64,84)(H,65,80)(H,66,81)(H,67,82)(H,68,83)/t33-,34+,39+,40+,42?,43-,45+,46+,48-,49-,50-,51-,52-/m0/s1. The zero-order valence-corrected chi connectivity index (χ0v) is 51.5. The molecule has 3 saturated heterocycles. The third-order valence-corrected chi connectivity index (χ3v) is 17.0. The number of phenols is 1. The first-order valence-corrected chi connectivity index (χ1v) is 31.1. The van der Waals surface area contributed by atoms with E-state index in [1.165, 1.54) is 48.6 Å².